The molecule has 0 atom stereocenters. The van der Waals surface area contributed by atoms with E-state index in [2.05, 4.69) is 10.1 Å². The van der Waals surface area contributed by atoms with Gasteiger partial charge in [-0.15, -0.1) is 0 Å². The summed E-state index contributed by atoms with van der Waals surface area (Å²) in [4.78, 5) is 19.6. The van der Waals surface area contributed by atoms with Gasteiger partial charge in [-0.2, -0.15) is 4.98 Å². The van der Waals surface area contributed by atoms with E-state index in [-0.39, 0.29) is 5.91 Å². The molecule has 7 heteroatoms. The number of carbonyl (C=O) groups is 1. The van der Waals surface area contributed by atoms with Crippen LogP contribution >= 0.6 is 0 Å². The Hall–Kier alpha value is -2.83. The molecular formula is C22H26N4O3. The van der Waals surface area contributed by atoms with Gasteiger partial charge < -0.3 is 18.7 Å². The van der Waals surface area contributed by atoms with Crippen LogP contribution in [-0.2, 0) is 13.5 Å². The first kappa shape index (κ1) is 18.2. The van der Waals surface area contributed by atoms with Crippen molar-refractivity contribution in [1.29, 1.82) is 0 Å². The van der Waals surface area contributed by atoms with Crippen LogP contribution in [0, 0.1) is 5.92 Å². The van der Waals surface area contributed by atoms with E-state index in [1.54, 1.807) is 7.11 Å². The van der Waals surface area contributed by atoms with Crippen molar-refractivity contribution in [1.82, 2.24) is 19.6 Å². The fourth-order valence-corrected chi connectivity index (χ4v) is 4.27. The molecule has 1 aromatic carbocycles. The predicted molar refractivity (Wildman–Crippen MR) is 108 cm³/mol. The number of benzene rings is 1. The summed E-state index contributed by atoms with van der Waals surface area (Å²) in [6.07, 6.45) is 5.12. The third kappa shape index (κ3) is 3.50. The lowest BCUT2D eigenvalue weighted by Crippen LogP contribution is -2.39. The molecule has 3 heterocycles. The number of hydrogen-bond acceptors (Lipinski definition) is 5. The molecule has 152 valence electrons. The summed E-state index contributed by atoms with van der Waals surface area (Å²) in [5.41, 5.74) is 1.76. The van der Waals surface area contributed by atoms with Crippen molar-refractivity contribution in [3.05, 3.63) is 41.7 Å². The highest BCUT2D eigenvalue weighted by Gasteiger charge is 2.31. The van der Waals surface area contributed by atoms with Crippen molar-refractivity contribution >= 4 is 16.8 Å². The zero-order valence-corrected chi connectivity index (χ0v) is 16.9. The highest BCUT2D eigenvalue weighted by Crippen LogP contribution is 2.39. The summed E-state index contributed by atoms with van der Waals surface area (Å²) in [7, 11) is 3.60. The maximum Gasteiger partial charge on any atom is 0.270 e. The van der Waals surface area contributed by atoms with E-state index in [4.69, 9.17) is 9.26 Å². The number of aryl methyl sites for hydroxylation is 1. The Morgan fingerprint density at radius 1 is 1.21 bits per heavy atom. The van der Waals surface area contributed by atoms with Crippen LogP contribution in [0.2, 0.25) is 0 Å². The van der Waals surface area contributed by atoms with Crippen molar-refractivity contribution in [2.24, 2.45) is 13.0 Å². The van der Waals surface area contributed by atoms with Crippen molar-refractivity contribution in [3.63, 3.8) is 0 Å². The fourth-order valence-electron chi connectivity index (χ4n) is 4.27. The fraction of sp³-hybridized carbons (Fsp3) is 0.500. The van der Waals surface area contributed by atoms with E-state index in [1.165, 1.54) is 12.8 Å². The second kappa shape index (κ2) is 7.21. The lowest BCUT2D eigenvalue weighted by atomic mass is 9.93. The molecule has 1 amide bonds. The number of methoxy groups -OCH3 is 1. The number of likely N-dealkylation sites (tertiary alicyclic amines) is 1. The van der Waals surface area contributed by atoms with Crippen LogP contribution in [0.3, 0.4) is 0 Å². The predicted octanol–water partition coefficient (Wildman–Crippen LogP) is 3.54. The summed E-state index contributed by atoms with van der Waals surface area (Å²) >= 11 is 0. The van der Waals surface area contributed by atoms with E-state index >= 15 is 0 Å². The minimum atomic E-state index is 0.0942. The Morgan fingerprint density at radius 2 is 2.00 bits per heavy atom. The van der Waals surface area contributed by atoms with E-state index in [0.717, 1.165) is 66.4 Å². The summed E-state index contributed by atoms with van der Waals surface area (Å²) in [6, 6.07) is 7.86. The van der Waals surface area contributed by atoms with Gasteiger partial charge in [0, 0.05) is 43.4 Å². The number of hydrogen-bond donors (Lipinski definition) is 0. The summed E-state index contributed by atoms with van der Waals surface area (Å²) in [5, 5.41) is 5.16. The third-order valence-electron chi connectivity index (χ3n) is 6.25. The Balaban J connectivity index is 1.23. The van der Waals surface area contributed by atoms with Gasteiger partial charge in [0.05, 0.1) is 7.11 Å². The molecule has 29 heavy (non-hydrogen) atoms. The molecule has 3 aromatic rings. The Morgan fingerprint density at radius 3 is 2.72 bits per heavy atom. The summed E-state index contributed by atoms with van der Waals surface area (Å²) in [6.45, 7) is 1.53. The molecule has 5 rings (SSSR count). The number of carbonyl (C=O) groups excluding carboxylic acids is 1. The SMILES string of the molecule is COc1ccc2c(c1)cc(C(=O)N1CCC(Cc3noc(C4CC4)n3)CC1)n2C. The van der Waals surface area contributed by atoms with Crippen LogP contribution < -0.4 is 4.74 Å². The Kier molecular flexibility index (Phi) is 4.53. The van der Waals surface area contributed by atoms with Gasteiger partial charge in [-0.1, -0.05) is 5.16 Å². The minimum absolute atomic E-state index is 0.0942. The largest absolute Gasteiger partial charge is 0.497 e. The Bertz CT molecular complexity index is 1040. The molecular weight excluding hydrogens is 368 g/mol. The highest BCUT2D eigenvalue weighted by molar-refractivity contribution is 5.99. The standard InChI is InChI=1S/C22H26N4O3/c1-25-18-6-5-17(28-2)12-16(18)13-19(25)22(27)26-9-7-14(8-10-26)11-20-23-21(29-24-20)15-3-4-15/h5-6,12-15H,3-4,7-11H2,1-2H3. The molecule has 2 fully saturated rings. The average molecular weight is 394 g/mol. The zero-order valence-electron chi connectivity index (χ0n) is 16.9. The minimum Gasteiger partial charge on any atom is -0.497 e. The molecule has 7 nitrogen and oxygen atoms in total. The van der Waals surface area contributed by atoms with Crippen molar-refractivity contribution in [2.75, 3.05) is 20.2 Å². The third-order valence-corrected chi connectivity index (χ3v) is 6.25. The normalized spacial score (nSPS) is 17.8. The Labute approximate surface area is 169 Å². The van der Waals surface area contributed by atoms with Crippen LogP contribution in [0.4, 0.5) is 0 Å². The monoisotopic (exact) mass is 394 g/mol. The topological polar surface area (TPSA) is 73.4 Å². The van der Waals surface area contributed by atoms with Gasteiger partial charge in [0.2, 0.25) is 5.89 Å². The van der Waals surface area contributed by atoms with E-state index < -0.39 is 0 Å². The van der Waals surface area contributed by atoms with Gasteiger partial charge in [0.15, 0.2) is 5.82 Å². The lowest BCUT2D eigenvalue weighted by molar-refractivity contribution is 0.0680. The molecule has 0 bridgehead atoms. The van der Waals surface area contributed by atoms with Crippen LogP contribution in [-0.4, -0.2) is 45.7 Å². The first-order chi connectivity index (χ1) is 14.1. The molecule has 1 saturated heterocycles. The second-order valence-corrected chi connectivity index (χ2v) is 8.28. The van der Waals surface area contributed by atoms with E-state index in [0.29, 0.717) is 11.8 Å². The number of ether oxygens (including phenoxy) is 1. The molecule has 1 saturated carbocycles. The van der Waals surface area contributed by atoms with Crippen molar-refractivity contribution in [3.8, 4) is 5.75 Å². The van der Waals surface area contributed by atoms with Gasteiger partial charge in [-0.05, 0) is 55.9 Å². The van der Waals surface area contributed by atoms with Gasteiger partial charge in [0.1, 0.15) is 11.4 Å². The number of piperidine rings is 1. The quantitative estimate of drug-likeness (QED) is 0.662. The van der Waals surface area contributed by atoms with Gasteiger partial charge in [-0.3, -0.25) is 4.79 Å². The molecule has 0 N–H and O–H groups in total. The summed E-state index contributed by atoms with van der Waals surface area (Å²) < 4.78 is 12.6. The highest BCUT2D eigenvalue weighted by atomic mass is 16.5. The number of aromatic nitrogens is 3. The van der Waals surface area contributed by atoms with Crippen LogP contribution in [0.15, 0.2) is 28.8 Å². The molecule has 2 aromatic heterocycles. The summed E-state index contributed by atoms with van der Waals surface area (Å²) in [5.74, 6) is 3.52. The molecule has 0 unspecified atom stereocenters. The average Bonchev–Trinajstić information content (AvgIpc) is 3.41. The number of amides is 1. The smallest absolute Gasteiger partial charge is 0.270 e. The van der Waals surface area contributed by atoms with Crippen LogP contribution in [0.1, 0.15) is 53.8 Å². The number of rotatable bonds is 5. The molecule has 2 aliphatic rings. The van der Waals surface area contributed by atoms with Gasteiger partial charge >= 0.3 is 0 Å². The van der Waals surface area contributed by atoms with Gasteiger partial charge in [-0.25, -0.2) is 0 Å². The molecule has 1 aliphatic heterocycles. The molecule has 0 radical (unpaired) electrons. The molecule has 0 spiro atoms. The maximum absolute atomic E-state index is 13.1. The zero-order chi connectivity index (χ0) is 20.0. The molecule has 1 aliphatic carbocycles. The van der Waals surface area contributed by atoms with Crippen LogP contribution in [0.5, 0.6) is 5.75 Å². The first-order valence-electron chi connectivity index (χ1n) is 10.4. The van der Waals surface area contributed by atoms with Gasteiger partial charge in [0.25, 0.3) is 5.91 Å². The lowest BCUT2D eigenvalue weighted by Gasteiger charge is -2.31. The van der Waals surface area contributed by atoms with Crippen LogP contribution in [0.25, 0.3) is 10.9 Å². The van der Waals surface area contributed by atoms with Crippen molar-refractivity contribution < 1.29 is 14.1 Å². The van der Waals surface area contributed by atoms with Crippen molar-refractivity contribution in [2.45, 2.75) is 38.0 Å². The van der Waals surface area contributed by atoms with E-state index in [9.17, 15) is 4.79 Å². The second-order valence-electron chi connectivity index (χ2n) is 8.28. The first-order valence-corrected chi connectivity index (χ1v) is 10.4. The number of nitrogens with zero attached hydrogens (tertiary/aromatic N) is 4. The van der Waals surface area contributed by atoms with E-state index in [1.807, 2.05) is 40.8 Å². The number of fused-ring (bicyclic) bond motifs is 1. The maximum atomic E-state index is 13.1.